The third-order valence-electron chi connectivity index (χ3n) is 3.82. The maximum absolute atomic E-state index is 12.4. The molecule has 0 spiro atoms. The van der Waals surface area contributed by atoms with Gasteiger partial charge in [-0.3, -0.25) is 19.4 Å². The van der Waals surface area contributed by atoms with Crippen LogP contribution >= 0.6 is 8.60 Å². The van der Waals surface area contributed by atoms with Gasteiger partial charge in [-0.15, -0.1) is 0 Å². The number of hydrogen-bond acceptors (Lipinski definition) is 8. The van der Waals surface area contributed by atoms with E-state index in [1.54, 1.807) is 29.9 Å². The Balaban J connectivity index is 1.99. The second-order valence-corrected chi connectivity index (χ2v) is 6.61. The van der Waals surface area contributed by atoms with Gasteiger partial charge in [-0.05, 0) is 18.9 Å². The number of hydrogen-bond donors (Lipinski definition) is 3. The van der Waals surface area contributed by atoms with E-state index >= 15 is 0 Å². The van der Waals surface area contributed by atoms with Gasteiger partial charge in [0.1, 0.15) is 6.73 Å². The van der Waals surface area contributed by atoms with E-state index in [1.807, 2.05) is 0 Å². The average Bonchev–Trinajstić information content (AvgIpc) is 3.34. The lowest BCUT2D eigenvalue weighted by Gasteiger charge is -2.17. The van der Waals surface area contributed by atoms with E-state index in [9.17, 15) is 9.59 Å². The molecule has 26 heavy (non-hydrogen) atoms. The molecule has 3 N–H and O–H groups in total. The van der Waals surface area contributed by atoms with E-state index in [-0.39, 0.29) is 12.3 Å². The Kier molecular flexibility index (Phi) is 5.58. The summed E-state index contributed by atoms with van der Waals surface area (Å²) in [5.74, 6) is -0.261. The molecule has 0 aliphatic heterocycles. The molecule has 2 amide bonds. The monoisotopic (exact) mass is 379 g/mol. The minimum atomic E-state index is -2.51. The lowest BCUT2D eigenvalue weighted by atomic mass is 10.1. The van der Waals surface area contributed by atoms with Gasteiger partial charge in [0, 0.05) is 30.9 Å². The van der Waals surface area contributed by atoms with Crippen LogP contribution in [-0.4, -0.2) is 55.4 Å². The number of carbonyl (C=O) groups is 2. The molecule has 10 nitrogen and oxygen atoms in total. The summed E-state index contributed by atoms with van der Waals surface area (Å²) >= 11 is 0. The molecule has 1 saturated carbocycles. The lowest BCUT2D eigenvalue weighted by Crippen LogP contribution is -2.25. The highest BCUT2D eigenvalue weighted by Gasteiger charge is 2.28. The van der Waals surface area contributed by atoms with Crippen LogP contribution in [0.4, 0.5) is 0 Å². The standard InChI is InChI=1S/C15H18N5O5P/c1-19(9-25-26(23)24)7-11(15(22)16-8-21)12-6-13(10-2-3-10)20-14(18-12)4-5-17-20/h4-8,10,23-24H,2-3,9H2,1H3,(H,16,21,22)/b11-7-. The minimum absolute atomic E-state index is 0.147. The highest BCUT2D eigenvalue weighted by molar-refractivity contribution is 7.39. The Morgan fingerprint density at radius 3 is 2.96 bits per heavy atom. The lowest BCUT2D eigenvalue weighted by molar-refractivity contribution is -0.121. The summed E-state index contributed by atoms with van der Waals surface area (Å²) in [4.78, 5) is 46.7. The number of imide groups is 1. The van der Waals surface area contributed by atoms with Crippen molar-refractivity contribution in [1.82, 2.24) is 24.8 Å². The highest BCUT2D eigenvalue weighted by atomic mass is 31.2. The van der Waals surface area contributed by atoms with Gasteiger partial charge in [0.25, 0.3) is 5.91 Å². The number of rotatable bonds is 8. The fourth-order valence-electron chi connectivity index (χ4n) is 2.52. The number of amides is 2. The van der Waals surface area contributed by atoms with E-state index in [1.165, 1.54) is 11.1 Å². The van der Waals surface area contributed by atoms with Crippen molar-refractivity contribution in [2.75, 3.05) is 13.8 Å². The zero-order chi connectivity index (χ0) is 18.7. The van der Waals surface area contributed by atoms with Crippen LogP contribution < -0.4 is 5.32 Å². The zero-order valence-electron chi connectivity index (χ0n) is 13.9. The predicted molar refractivity (Wildman–Crippen MR) is 92.2 cm³/mol. The Hall–Kier alpha value is -2.39. The Bertz CT molecular complexity index is 848. The first-order valence-electron chi connectivity index (χ1n) is 7.82. The van der Waals surface area contributed by atoms with E-state index in [4.69, 9.17) is 14.3 Å². The van der Waals surface area contributed by atoms with Crippen molar-refractivity contribution >= 4 is 32.1 Å². The highest BCUT2D eigenvalue weighted by Crippen LogP contribution is 2.40. The molecule has 2 aromatic rings. The van der Waals surface area contributed by atoms with Crippen molar-refractivity contribution in [2.45, 2.75) is 18.8 Å². The SMILES string of the molecule is CN(/C=C(\C(=O)NC=O)c1cc(C2CC2)n2nccc2n1)COP(O)O. The van der Waals surface area contributed by atoms with Crippen molar-refractivity contribution in [3.8, 4) is 0 Å². The molecule has 1 fully saturated rings. The molecule has 1 aliphatic rings. The fraction of sp³-hybridized carbons (Fsp3) is 0.333. The average molecular weight is 379 g/mol. The van der Waals surface area contributed by atoms with E-state index < -0.39 is 14.5 Å². The Labute approximate surface area is 150 Å². The molecule has 0 radical (unpaired) electrons. The Morgan fingerprint density at radius 1 is 1.54 bits per heavy atom. The van der Waals surface area contributed by atoms with Crippen LogP contribution in [0.1, 0.15) is 30.1 Å². The Morgan fingerprint density at radius 2 is 2.31 bits per heavy atom. The summed E-state index contributed by atoms with van der Waals surface area (Å²) in [6.07, 6.45) is 5.46. The van der Waals surface area contributed by atoms with Crippen molar-refractivity contribution in [3.63, 3.8) is 0 Å². The maximum atomic E-state index is 12.4. The molecule has 11 heteroatoms. The van der Waals surface area contributed by atoms with Crippen molar-refractivity contribution in [1.29, 1.82) is 0 Å². The number of aromatic nitrogens is 3. The first-order chi connectivity index (χ1) is 12.5. The molecular weight excluding hydrogens is 361 g/mol. The molecule has 0 saturated heterocycles. The summed E-state index contributed by atoms with van der Waals surface area (Å²) in [6, 6.07) is 3.52. The quantitative estimate of drug-likeness (QED) is 0.259. The topological polar surface area (TPSA) is 129 Å². The molecule has 0 unspecified atom stereocenters. The molecule has 3 rings (SSSR count). The second kappa shape index (κ2) is 7.88. The summed E-state index contributed by atoms with van der Waals surface area (Å²) < 4.78 is 6.48. The molecule has 0 bridgehead atoms. The summed E-state index contributed by atoms with van der Waals surface area (Å²) in [5, 5.41) is 6.37. The smallest absolute Gasteiger partial charge is 0.328 e. The van der Waals surface area contributed by atoms with Crippen molar-refractivity contribution < 1.29 is 23.9 Å². The first kappa shape index (κ1) is 18.4. The molecule has 0 aromatic carbocycles. The number of fused-ring (bicyclic) bond motifs is 1. The first-order valence-corrected chi connectivity index (χ1v) is 8.98. The van der Waals surface area contributed by atoms with Gasteiger partial charge < -0.3 is 14.7 Å². The van der Waals surface area contributed by atoms with Crippen LogP contribution in [0, 0.1) is 0 Å². The molecule has 2 heterocycles. The van der Waals surface area contributed by atoms with Crippen LogP contribution in [0.2, 0.25) is 0 Å². The van der Waals surface area contributed by atoms with Gasteiger partial charge >= 0.3 is 8.60 Å². The normalized spacial score (nSPS) is 14.7. The van der Waals surface area contributed by atoms with Crippen LogP contribution in [0.15, 0.2) is 24.5 Å². The minimum Gasteiger partial charge on any atom is -0.357 e. The molecular formula is C15H18N5O5P. The van der Waals surface area contributed by atoms with Crippen LogP contribution in [0.5, 0.6) is 0 Å². The van der Waals surface area contributed by atoms with Gasteiger partial charge in [0.2, 0.25) is 6.41 Å². The van der Waals surface area contributed by atoms with E-state index in [0.717, 1.165) is 18.5 Å². The van der Waals surface area contributed by atoms with Crippen LogP contribution in [0.25, 0.3) is 11.2 Å². The third kappa shape index (κ3) is 4.23. The van der Waals surface area contributed by atoms with Gasteiger partial charge in [-0.2, -0.15) is 5.10 Å². The second-order valence-electron chi connectivity index (χ2n) is 5.84. The molecule has 1 aliphatic carbocycles. The van der Waals surface area contributed by atoms with Gasteiger partial charge in [0.15, 0.2) is 5.65 Å². The summed E-state index contributed by atoms with van der Waals surface area (Å²) in [6.45, 7) is -0.152. The van der Waals surface area contributed by atoms with Gasteiger partial charge in [-0.1, -0.05) is 0 Å². The molecule has 138 valence electrons. The number of carbonyl (C=O) groups excluding carboxylic acids is 2. The predicted octanol–water partition coefficient (Wildman–Crippen LogP) is 0.338. The zero-order valence-corrected chi connectivity index (χ0v) is 14.8. The van der Waals surface area contributed by atoms with E-state index in [2.05, 4.69) is 15.4 Å². The summed E-state index contributed by atoms with van der Waals surface area (Å²) in [7, 11) is -0.922. The maximum Gasteiger partial charge on any atom is 0.328 e. The van der Waals surface area contributed by atoms with Crippen LogP contribution in [0.3, 0.4) is 0 Å². The largest absolute Gasteiger partial charge is 0.357 e. The van der Waals surface area contributed by atoms with Gasteiger partial charge in [0.05, 0.1) is 17.5 Å². The van der Waals surface area contributed by atoms with Gasteiger partial charge in [-0.25, -0.2) is 9.50 Å². The van der Waals surface area contributed by atoms with Crippen molar-refractivity contribution in [3.05, 3.63) is 35.9 Å². The summed E-state index contributed by atoms with van der Waals surface area (Å²) in [5.41, 5.74) is 2.09. The third-order valence-corrected chi connectivity index (χ3v) is 4.17. The number of nitrogens with zero attached hydrogens (tertiary/aromatic N) is 4. The van der Waals surface area contributed by atoms with E-state index in [0.29, 0.717) is 23.7 Å². The van der Waals surface area contributed by atoms with Crippen LogP contribution in [-0.2, 0) is 14.1 Å². The molecule has 0 atom stereocenters. The molecule has 2 aromatic heterocycles. The van der Waals surface area contributed by atoms with Crippen molar-refractivity contribution in [2.24, 2.45) is 0 Å². The number of nitrogens with one attached hydrogen (secondary N) is 1. The fourth-order valence-corrected chi connectivity index (χ4v) is 2.80.